The lowest BCUT2D eigenvalue weighted by Crippen LogP contribution is -2.39. The van der Waals surface area contributed by atoms with Crippen LogP contribution in [0, 0.1) is 0 Å². The first-order valence-electron chi connectivity index (χ1n) is 6.36. The van der Waals surface area contributed by atoms with Crippen molar-refractivity contribution in [2.75, 3.05) is 12.8 Å². The van der Waals surface area contributed by atoms with Crippen molar-refractivity contribution in [1.29, 1.82) is 0 Å². The summed E-state index contributed by atoms with van der Waals surface area (Å²) in [6.45, 7) is 0. The van der Waals surface area contributed by atoms with Crippen molar-refractivity contribution < 1.29 is 9.53 Å². The fourth-order valence-electron chi connectivity index (χ4n) is 2.28. The zero-order chi connectivity index (χ0) is 13.4. The van der Waals surface area contributed by atoms with E-state index < -0.39 is 0 Å². The number of hydrogen-bond acceptors (Lipinski definition) is 4. The van der Waals surface area contributed by atoms with Crippen LogP contribution >= 0.6 is 11.3 Å². The number of nitrogen functional groups attached to an aromatic ring is 1. The lowest BCUT2D eigenvalue weighted by Gasteiger charge is -2.26. The number of benzene rings is 1. The second-order valence-corrected chi connectivity index (χ2v) is 5.83. The quantitative estimate of drug-likeness (QED) is 0.906. The molecule has 5 heteroatoms. The minimum atomic E-state index is -0.0644. The molecule has 0 radical (unpaired) electrons. The normalized spacial score (nSPS) is 15.2. The molecule has 3 N–H and O–H groups in total. The highest BCUT2D eigenvalue weighted by molar-refractivity contribution is 7.21. The summed E-state index contributed by atoms with van der Waals surface area (Å²) in [4.78, 5) is 12.8. The van der Waals surface area contributed by atoms with Crippen molar-refractivity contribution in [3.05, 3.63) is 23.1 Å². The van der Waals surface area contributed by atoms with Crippen LogP contribution in [0.1, 0.15) is 28.9 Å². The monoisotopic (exact) mass is 276 g/mol. The van der Waals surface area contributed by atoms with E-state index >= 15 is 0 Å². The number of methoxy groups -OCH3 is 1. The van der Waals surface area contributed by atoms with Crippen molar-refractivity contribution in [3.8, 4) is 5.75 Å². The minimum absolute atomic E-state index is 0.0644. The van der Waals surface area contributed by atoms with E-state index in [9.17, 15) is 4.79 Å². The third kappa shape index (κ3) is 2.04. The Morgan fingerprint density at radius 1 is 1.47 bits per heavy atom. The average Bonchev–Trinajstić information content (AvgIpc) is 2.71. The van der Waals surface area contributed by atoms with Crippen LogP contribution in [0.5, 0.6) is 5.75 Å². The Morgan fingerprint density at radius 3 is 2.89 bits per heavy atom. The van der Waals surface area contributed by atoms with Crippen LogP contribution in [0.15, 0.2) is 18.2 Å². The van der Waals surface area contributed by atoms with E-state index in [0.29, 0.717) is 22.4 Å². The predicted octanol–water partition coefficient (Wildman–Crippen LogP) is 2.77. The van der Waals surface area contributed by atoms with Gasteiger partial charge in [-0.3, -0.25) is 4.79 Å². The van der Waals surface area contributed by atoms with Gasteiger partial charge in [-0.15, -0.1) is 11.3 Å². The molecule has 19 heavy (non-hydrogen) atoms. The number of anilines is 1. The molecule has 0 bridgehead atoms. The molecule has 0 spiro atoms. The van der Waals surface area contributed by atoms with E-state index in [-0.39, 0.29) is 5.91 Å². The summed E-state index contributed by atoms with van der Waals surface area (Å²) in [5, 5.41) is 3.86. The number of thiophene rings is 1. The summed E-state index contributed by atoms with van der Waals surface area (Å²) in [5.41, 5.74) is 6.64. The van der Waals surface area contributed by atoms with Crippen LogP contribution < -0.4 is 15.8 Å². The molecule has 1 aliphatic carbocycles. The fourth-order valence-corrected chi connectivity index (χ4v) is 3.33. The maximum absolute atomic E-state index is 12.2. The van der Waals surface area contributed by atoms with Gasteiger partial charge in [0.05, 0.1) is 18.2 Å². The Hall–Kier alpha value is -1.75. The summed E-state index contributed by atoms with van der Waals surface area (Å²) in [7, 11) is 1.61. The molecule has 2 aromatic rings. The largest absolute Gasteiger partial charge is 0.496 e. The molecule has 1 aromatic heterocycles. The number of ether oxygens (including phenoxy) is 1. The van der Waals surface area contributed by atoms with E-state index in [4.69, 9.17) is 10.5 Å². The number of nitrogens with two attached hydrogens (primary N) is 1. The van der Waals surface area contributed by atoms with Gasteiger partial charge in [-0.2, -0.15) is 0 Å². The molecule has 4 nitrogen and oxygen atoms in total. The van der Waals surface area contributed by atoms with Gasteiger partial charge in [0.2, 0.25) is 0 Å². The van der Waals surface area contributed by atoms with E-state index in [0.717, 1.165) is 22.9 Å². The number of carbonyl (C=O) groups is 1. The molecule has 100 valence electrons. The van der Waals surface area contributed by atoms with Crippen LogP contribution in [0.4, 0.5) is 5.69 Å². The molecule has 0 atom stereocenters. The molecule has 0 unspecified atom stereocenters. The average molecular weight is 276 g/mol. The Morgan fingerprint density at radius 2 is 2.26 bits per heavy atom. The van der Waals surface area contributed by atoms with Gasteiger partial charge >= 0.3 is 0 Å². The van der Waals surface area contributed by atoms with Crippen LogP contribution in [0.3, 0.4) is 0 Å². The van der Waals surface area contributed by atoms with Gasteiger partial charge in [-0.1, -0.05) is 6.07 Å². The number of rotatable bonds is 3. The lowest BCUT2D eigenvalue weighted by molar-refractivity contribution is 0.0922. The number of hydrogen-bond donors (Lipinski definition) is 2. The van der Waals surface area contributed by atoms with Crippen LogP contribution in [-0.4, -0.2) is 19.1 Å². The zero-order valence-corrected chi connectivity index (χ0v) is 11.5. The van der Waals surface area contributed by atoms with Gasteiger partial charge in [0.15, 0.2) is 0 Å². The molecular weight excluding hydrogens is 260 g/mol. The second-order valence-electron chi connectivity index (χ2n) is 4.78. The Kier molecular flexibility index (Phi) is 3.06. The molecule has 1 heterocycles. The summed E-state index contributed by atoms with van der Waals surface area (Å²) in [6.07, 6.45) is 3.33. The van der Waals surface area contributed by atoms with Crippen molar-refractivity contribution in [2.24, 2.45) is 0 Å². The highest BCUT2D eigenvalue weighted by Gasteiger charge is 2.24. The Labute approximate surface area is 115 Å². The van der Waals surface area contributed by atoms with Gasteiger partial charge in [-0.05, 0) is 31.4 Å². The third-order valence-electron chi connectivity index (χ3n) is 3.58. The van der Waals surface area contributed by atoms with Gasteiger partial charge in [-0.25, -0.2) is 0 Å². The first kappa shape index (κ1) is 12.3. The first-order chi connectivity index (χ1) is 9.20. The predicted molar refractivity (Wildman–Crippen MR) is 77.9 cm³/mol. The standard InChI is InChI=1S/C14H16N2O2S/c1-18-9-6-3-7-10-11(9)12(15)13(19-10)14(17)16-8-4-2-5-8/h3,6-8H,2,4-5,15H2,1H3,(H,16,17). The van der Waals surface area contributed by atoms with Crippen molar-refractivity contribution in [2.45, 2.75) is 25.3 Å². The maximum atomic E-state index is 12.2. The number of carbonyl (C=O) groups excluding carboxylic acids is 1. The lowest BCUT2D eigenvalue weighted by atomic mass is 9.93. The van der Waals surface area contributed by atoms with Crippen molar-refractivity contribution in [1.82, 2.24) is 5.32 Å². The smallest absolute Gasteiger partial charge is 0.263 e. The molecule has 3 rings (SSSR count). The molecule has 1 amide bonds. The SMILES string of the molecule is COc1cccc2sc(C(=O)NC3CCC3)c(N)c12. The molecule has 0 aliphatic heterocycles. The summed E-state index contributed by atoms with van der Waals surface area (Å²) < 4.78 is 6.29. The van der Waals surface area contributed by atoms with Gasteiger partial charge in [0, 0.05) is 10.7 Å². The second kappa shape index (κ2) is 4.74. The topological polar surface area (TPSA) is 64.3 Å². The maximum Gasteiger partial charge on any atom is 0.263 e. The summed E-state index contributed by atoms with van der Waals surface area (Å²) >= 11 is 1.42. The van der Waals surface area contributed by atoms with Crippen molar-refractivity contribution >= 4 is 33.0 Å². The van der Waals surface area contributed by atoms with Crippen molar-refractivity contribution in [3.63, 3.8) is 0 Å². The van der Waals surface area contributed by atoms with E-state index in [1.54, 1.807) is 7.11 Å². The molecule has 1 aliphatic rings. The highest BCUT2D eigenvalue weighted by Crippen LogP contribution is 2.39. The first-order valence-corrected chi connectivity index (χ1v) is 7.18. The molecule has 1 fully saturated rings. The number of fused-ring (bicyclic) bond motifs is 1. The van der Waals surface area contributed by atoms with Gasteiger partial charge < -0.3 is 15.8 Å². The van der Waals surface area contributed by atoms with Crippen LogP contribution in [0.25, 0.3) is 10.1 Å². The number of amides is 1. The van der Waals surface area contributed by atoms with E-state index in [1.807, 2.05) is 18.2 Å². The molecule has 0 saturated heterocycles. The van der Waals surface area contributed by atoms with E-state index in [1.165, 1.54) is 17.8 Å². The number of nitrogens with one attached hydrogen (secondary N) is 1. The highest BCUT2D eigenvalue weighted by atomic mass is 32.1. The van der Waals surface area contributed by atoms with E-state index in [2.05, 4.69) is 5.32 Å². The van der Waals surface area contributed by atoms with Gasteiger partial charge in [0.25, 0.3) is 5.91 Å². The summed E-state index contributed by atoms with van der Waals surface area (Å²) in [6, 6.07) is 6.04. The molecular formula is C14H16N2O2S. The zero-order valence-electron chi connectivity index (χ0n) is 10.7. The van der Waals surface area contributed by atoms with Gasteiger partial charge in [0.1, 0.15) is 10.6 Å². The fraction of sp³-hybridized carbons (Fsp3) is 0.357. The Balaban J connectivity index is 1.99. The third-order valence-corrected chi connectivity index (χ3v) is 4.75. The summed E-state index contributed by atoms with van der Waals surface area (Å²) in [5.74, 6) is 0.652. The Bertz CT molecular complexity index is 632. The van der Waals surface area contributed by atoms with Crippen LogP contribution in [-0.2, 0) is 0 Å². The minimum Gasteiger partial charge on any atom is -0.496 e. The molecule has 1 saturated carbocycles. The van der Waals surface area contributed by atoms with Crippen LogP contribution in [0.2, 0.25) is 0 Å². The molecule has 1 aromatic carbocycles.